The number of carbonyl (C=O) groups excluding carboxylic acids is 1. The Bertz CT molecular complexity index is 391. The molecule has 0 atom stereocenters. The molecule has 0 bridgehead atoms. The highest BCUT2D eigenvalue weighted by molar-refractivity contribution is 5.69. The molecule has 0 unspecified atom stereocenters. The Kier molecular flexibility index (Phi) is 3.28. The zero-order valence-corrected chi connectivity index (χ0v) is 9.43. The summed E-state index contributed by atoms with van der Waals surface area (Å²) in [6, 6.07) is 9.39. The number of carbonyl (C=O) groups is 1. The van der Waals surface area contributed by atoms with E-state index in [4.69, 9.17) is 10.5 Å². The van der Waals surface area contributed by atoms with Crippen molar-refractivity contribution in [1.82, 2.24) is 4.90 Å². The molecule has 1 saturated heterocycles. The van der Waals surface area contributed by atoms with Gasteiger partial charge in [0.1, 0.15) is 13.3 Å². The van der Waals surface area contributed by atoms with E-state index < -0.39 is 18.3 Å². The van der Waals surface area contributed by atoms with E-state index in [1.54, 1.807) is 0 Å². The number of likely N-dealkylation sites (tertiary alicyclic amines) is 1. The van der Waals surface area contributed by atoms with E-state index in [1.165, 1.54) is 4.90 Å². The number of halogens is 1. The number of hydrogen-bond donors (Lipinski definition) is 1. The molecule has 2 rings (SSSR count). The first-order valence-electron chi connectivity index (χ1n) is 5.43. The molecule has 5 heteroatoms. The molecule has 1 aliphatic heterocycles. The summed E-state index contributed by atoms with van der Waals surface area (Å²) >= 11 is 0. The lowest BCUT2D eigenvalue weighted by Gasteiger charge is -2.44. The minimum atomic E-state index is -0.869. The molecule has 17 heavy (non-hydrogen) atoms. The summed E-state index contributed by atoms with van der Waals surface area (Å²) < 4.78 is 17.5. The van der Waals surface area contributed by atoms with E-state index in [1.807, 2.05) is 30.3 Å². The van der Waals surface area contributed by atoms with Gasteiger partial charge in [-0.1, -0.05) is 30.3 Å². The normalized spacial score (nSPS) is 17.4. The van der Waals surface area contributed by atoms with Gasteiger partial charge in [0.15, 0.2) is 0 Å². The zero-order valence-electron chi connectivity index (χ0n) is 9.43. The number of amides is 1. The summed E-state index contributed by atoms with van der Waals surface area (Å²) in [6.07, 6.45) is -0.441. The summed E-state index contributed by atoms with van der Waals surface area (Å²) in [7, 11) is 0. The number of benzene rings is 1. The van der Waals surface area contributed by atoms with E-state index >= 15 is 0 Å². The van der Waals surface area contributed by atoms with Crippen molar-refractivity contribution in [1.29, 1.82) is 0 Å². The smallest absolute Gasteiger partial charge is 0.410 e. The number of hydrogen-bond acceptors (Lipinski definition) is 3. The topological polar surface area (TPSA) is 55.6 Å². The van der Waals surface area contributed by atoms with Crippen LogP contribution in [-0.2, 0) is 11.3 Å². The highest BCUT2D eigenvalue weighted by Gasteiger charge is 2.42. The lowest BCUT2D eigenvalue weighted by molar-refractivity contribution is 0.0274. The summed E-state index contributed by atoms with van der Waals surface area (Å²) in [6.45, 7) is 0.0487. The minimum absolute atomic E-state index is 0.219. The maximum atomic E-state index is 12.4. The van der Waals surface area contributed by atoms with E-state index in [-0.39, 0.29) is 19.7 Å². The fourth-order valence-electron chi connectivity index (χ4n) is 1.74. The minimum Gasteiger partial charge on any atom is -0.445 e. The Morgan fingerprint density at radius 3 is 2.65 bits per heavy atom. The molecule has 1 aromatic rings. The van der Waals surface area contributed by atoms with Crippen molar-refractivity contribution in [3.8, 4) is 0 Å². The Hall–Kier alpha value is -1.62. The summed E-state index contributed by atoms with van der Waals surface area (Å²) in [5.41, 5.74) is 5.67. The molecule has 0 aliphatic carbocycles. The predicted octanol–water partition coefficient (Wildman–Crippen LogP) is 1.31. The Labute approximate surface area is 99.2 Å². The van der Waals surface area contributed by atoms with Crippen molar-refractivity contribution in [3.63, 3.8) is 0 Å². The van der Waals surface area contributed by atoms with Crippen molar-refractivity contribution >= 4 is 6.09 Å². The second kappa shape index (κ2) is 4.71. The third kappa shape index (κ3) is 2.74. The molecule has 1 aromatic carbocycles. The third-order valence-corrected chi connectivity index (χ3v) is 2.74. The van der Waals surface area contributed by atoms with E-state index in [9.17, 15) is 9.18 Å². The molecule has 0 spiro atoms. The second-order valence-electron chi connectivity index (χ2n) is 4.39. The Balaban J connectivity index is 1.76. The SMILES string of the molecule is NC1(CF)CN(C(=O)OCc2ccccc2)C1. The first-order chi connectivity index (χ1) is 8.13. The first kappa shape index (κ1) is 11.9. The van der Waals surface area contributed by atoms with Crippen LogP contribution in [0.1, 0.15) is 5.56 Å². The van der Waals surface area contributed by atoms with Crippen molar-refractivity contribution in [2.45, 2.75) is 12.1 Å². The van der Waals surface area contributed by atoms with Gasteiger partial charge < -0.3 is 15.4 Å². The van der Waals surface area contributed by atoms with Gasteiger partial charge in [-0.2, -0.15) is 0 Å². The van der Waals surface area contributed by atoms with Crippen LogP contribution in [0.2, 0.25) is 0 Å². The fraction of sp³-hybridized carbons (Fsp3) is 0.417. The summed E-state index contributed by atoms with van der Waals surface area (Å²) in [5, 5.41) is 0. The maximum Gasteiger partial charge on any atom is 0.410 e. The van der Waals surface area contributed by atoms with Crippen LogP contribution in [0.3, 0.4) is 0 Å². The van der Waals surface area contributed by atoms with Gasteiger partial charge in [-0.3, -0.25) is 0 Å². The van der Waals surface area contributed by atoms with Crippen molar-refractivity contribution in [3.05, 3.63) is 35.9 Å². The van der Waals surface area contributed by atoms with E-state index in [0.717, 1.165) is 5.56 Å². The molecule has 1 amide bonds. The molecule has 0 aromatic heterocycles. The van der Waals surface area contributed by atoms with Gasteiger partial charge in [0.25, 0.3) is 0 Å². The van der Waals surface area contributed by atoms with Crippen LogP contribution in [0.15, 0.2) is 30.3 Å². The molecule has 0 radical (unpaired) electrons. The Morgan fingerprint density at radius 1 is 1.41 bits per heavy atom. The third-order valence-electron chi connectivity index (χ3n) is 2.74. The van der Waals surface area contributed by atoms with E-state index in [0.29, 0.717) is 0 Å². The average Bonchev–Trinajstić information content (AvgIpc) is 2.33. The molecular formula is C12H15FN2O2. The molecule has 1 fully saturated rings. The highest BCUT2D eigenvalue weighted by Crippen LogP contribution is 2.19. The molecule has 0 saturated carbocycles. The van der Waals surface area contributed by atoms with Gasteiger partial charge in [0, 0.05) is 13.1 Å². The number of rotatable bonds is 3. The number of alkyl halides is 1. The number of nitrogens with zero attached hydrogens (tertiary/aromatic N) is 1. The van der Waals surface area contributed by atoms with Crippen molar-refractivity contribution in [2.75, 3.05) is 19.8 Å². The van der Waals surface area contributed by atoms with Crippen molar-refractivity contribution in [2.24, 2.45) is 5.73 Å². The highest BCUT2D eigenvalue weighted by atomic mass is 19.1. The average molecular weight is 238 g/mol. The standard InChI is InChI=1S/C12H15FN2O2/c13-7-12(14)8-15(9-12)11(16)17-6-10-4-2-1-3-5-10/h1-5H,6-9,14H2. The van der Waals surface area contributed by atoms with Crippen LogP contribution in [-0.4, -0.2) is 36.3 Å². The van der Waals surface area contributed by atoms with Gasteiger partial charge in [-0.15, -0.1) is 0 Å². The summed E-state index contributed by atoms with van der Waals surface area (Å²) in [4.78, 5) is 12.9. The lowest BCUT2D eigenvalue weighted by atomic mass is 9.93. The Morgan fingerprint density at radius 2 is 2.06 bits per heavy atom. The lowest BCUT2D eigenvalue weighted by Crippen LogP contribution is -2.69. The van der Waals surface area contributed by atoms with Crippen molar-refractivity contribution < 1.29 is 13.9 Å². The monoisotopic (exact) mass is 238 g/mol. The molecular weight excluding hydrogens is 223 g/mol. The quantitative estimate of drug-likeness (QED) is 0.863. The first-order valence-corrected chi connectivity index (χ1v) is 5.43. The fourth-order valence-corrected chi connectivity index (χ4v) is 1.74. The van der Waals surface area contributed by atoms with Crippen LogP contribution in [0.4, 0.5) is 9.18 Å². The largest absolute Gasteiger partial charge is 0.445 e. The molecule has 1 heterocycles. The van der Waals surface area contributed by atoms with Gasteiger partial charge >= 0.3 is 6.09 Å². The van der Waals surface area contributed by atoms with E-state index in [2.05, 4.69) is 0 Å². The maximum absolute atomic E-state index is 12.4. The van der Waals surface area contributed by atoms with Crippen LogP contribution in [0.25, 0.3) is 0 Å². The summed E-state index contributed by atoms with van der Waals surface area (Å²) in [5.74, 6) is 0. The van der Waals surface area contributed by atoms with Crippen LogP contribution < -0.4 is 5.73 Å². The van der Waals surface area contributed by atoms with Gasteiger partial charge in [-0.25, -0.2) is 9.18 Å². The molecule has 4 nitrogen and oxygen atoms in total. The van der Waals surface area contributed by atoms with Gasteiger partial charge in [0.2, 0.25) is 0 Å². The van der Waals surface area contributed by atoms with Gasteiger partial charge in [-0.05, 0) is 5.56 Å². The second-order valence-corrected chi connectivity index (χ2v) is 4.39. The molecule has 1 aliphatic rings. The zero-order chi connectivity index (χ0) is 12.3. The predicted molar refractivity (Wildman–Crippen MR) is 61.1 cm³/mol. The van der Waals surface area contributed by atoms with Crippen LogP contribution in [0, 0.1) is 0 Å². The van der Waals surface area contributed by atoms with Crippen LogP contribution >= 0.6 is 0 Å². The number of nitrogens with two attached hydrogens (primary N) is 1. The van der Waals surface area contributed by atoms with Crippen LogP contribution in [0.5, 0.6) is 0 Å². The van der Waals surface area contributed by atoms with Gasteiger partial charge in [0.05, 0.1) is 5.54 Å². The molecule has 2 N–H and O–H groups in total. The molecule has 92 valence electrons. The number of ether oxygens (including phenoxy) is 1.